The zero-order valence-corrected chi connectivity index (χ0v) is 8.65. The van der Waals surface area contributed by atoms with Gasteiger partial charge in [-0.25, -0.2) is 4.79 Å². The Hall–Kier alpha value is -1.84. The predicted octanol–water partition coefficient (Wildman–Crippen LogP) is 1.73. The molecule has 15 heavy (non-hydrogen) atoms. The second kappa shape index (κ2) is 5.14. The molecule has 4 nitrogen and oxygen atoms in total. The minimum atomic E-state index is -0.557. The third-order valence-electron chi connectivity index (χ3n) is 1.74. The average molecular weight is 208 g/mol. The third-order valence-corrected chi connectivity index (χ3v) is 1.74. The van der Waals surface area contributed by atoms with Crippen LogP contribution in [0, 0.1) is 6.92 Å². The molecule has 0 radical (unpaired) electrons. The number of ether oxygens (including phenoxy) is 1. The van der Waals surface area contributed by atoms with Gasteiger partial charge in [0, 0.05) is 0 Å². The first-order valence-corrected chi connectivity index (χ1v) is 4.58. The largest absolute Gasteiger partial charge is 0.462 e. The lowest BCUT2D eigenvalue weighted by molar-refractivity contribution is -0.136. The van der Waals surface area contributed by atoms with Crippen LogP contribution in [-0.2, 0) is 14.3 Å². The number of aldehydes is 1. The van der Waals surface area contributed by atoms with Gasteiger partial charge in [0.05, 0.1) is 6.61 Å². The Bertz CT molecular complexity index is 387. The van der Waals surface area contributed by atoms with Gasteiger partial charge in [0.2, 0.25) is 0 Å². The van der Waals surface area contributed by atoms with Crippen LogP contribution in [0.25, 0.3) is 5.57 Å². The molecule has 4 heteroatoms. The summed E-state index contributed by atoms with van der Waals surface area (Å²) in [4.78, 5) is 21.8. The quantitative estimate of drug-likeness (QED) is 0.429. The lowest BCUT2D eigenvalue weighted by Crippen LogP contribution is -2.06. The maximum atomic E-state index is 11.4. The van der Waals surface area contributed by atoms with Gasteiger partial charge < -0.3 is 9.15 Å². The van der Waals surface area contributed by atoms with Crippen molar-refractivity contribution in [2.45, 2.75) is 13.8 Å². The van der Waals surface area contributed by atoms with Crippen LogP contribution in [0.1, 0.15) is 18.4 Å². The van der Waals surface area contributed by atoms with E-state index in [4.69, 9.17) is 9.15 Å². The summed E-state index contributed by atoms with van der Waals surface area (Å²) in [6.45, 7) is 3.71. The van der Waals surface area contributed by atoms with Crippen LogP contribution in [0.4, 0.5) is 0 Å². The van der Waals surface area contributed by atoms with E-state index in [0.717, 1.165) is 6.08 Å². The van der Waals surface area contributed by atoms with Gasteiger partial charge in [-0.05, 0) is 32.1 Å². The second-order valence-electron chi connectivity index (χ2n) is 2.85. The zero-order chi connectivity index (χ0) is 11.3. The van der Waals surface area contributed by atoms with E-state index in [9.17, 15) is 9.59 Å². The maximum Gasteiger partial charge on any atom is 0.342 e. The van der Waals surface area contributed by atoms with Crippen LogP contribution in [0.2, 0.25) is 0 Å². The zero-order valence-electron chi connectivity index (χ0n) is 8.65. The molecule has 1 aromatic rings. The SMILES string of the molecule is CCOC(=O)/C(=C/C=O)c1ccc(C)o1. The Morgan fingerprint density at radius 1 is 1.53 bits per heavy atom. The van der Waals surface area contributed by atoms with Crippen molar-refractivity contribution < 1.29 is 18.7 Å². The van der Waals surface area contributed by atoms with E-state index >= 15 is 0 Å². The highest BCUT2D eigenvalue weighted by molar-refractivity contribution is 6.18. The van der Waals surface area contributed by atoms with Crippen molar-refractivity contribution in [3.05, 3.63) is 29.7 Å². The van der Waals surface area contributed by atoms with Crippen molar-refractivity contribution in [1.29, 1.82) is 0 Å². The molecule has 0 aliphatic carbocycles. The highest BCUT2D eigenvalue weighted by Crippen LogP contribution is 2.18. The molecule has 0 spiro atoms. The van der Waals surface area contributed by atoms with Gasteiger partial charge in [0.25, 0.3) is 0 Å². The second-order valence-corrected chi connectivity index (χ2v) is 2.85. The van der Waals surface area contributed by atoms with E-state index in [0.29, 0.717) is 17.8 Å². The minimum Gasteiger partial charge on any atom is -0.462 e. The Balaban J connectivity index is 2.98. The van der Waals surface area contributed by atoms with E-state index in [-0.39, 0.29) is 12.2 Å². The number of rotatable bonds is 4. The van der Waals surface area contributed by atoms with Gasteiger partial charge in [0.15, 0.2) is 0 Å². The number of hydrogen-bond donors (Lipinski definition) is 0. The Kier molecular flexibility index (Phi) is 3.85. The van der Waals surface area contributed by atoms with Crippen molar-refractivity contribution in [2.75, 3.05) is 6.61 Å². The van der Waals surface area contributed by atoms with Gasteiger partial charge in [-0.15, -0.1) is 0 Å². The van der Waals surface area contributed by atoms with Crippen molar-refractivity contribution >= 4 is 17.8 Å². The monoisotopic (exact) mass is 208 g/mol. The highest BCUT2D eigenvalue weighted by Gasteiger charge is 2.15. The molecule has 0 saturated carbocycles. The molecule has 1 heterocycles. The fourth-order valence-corrected chi connectivity index (χ4v) is 1.11. The summed E-state index contributed by atoms with van der Waals surface area (Å²) >= 11 is 0. The van der Waals surface area contributed by atoms with Crippen LogP contribution in [0.5, 0.6) is 0 Å². The molecule has 0 aliphatic heterocycles. The molecule has 0 saturated heterocycles. The smallest absolute Gasteiger partial charge is 0.342 e. The van der Waals surface area contributed by atoms with Crippen molar-refractivity contribution in [1.82, 2.24) is 0 Å². The van der Waals surface area contributed by atoms with E-state index in [1.54, 1.807) is 26.0 Å². The van der Waals surface area contributed by atoms with Crippen LogP contribution in [-0.4, -0.2) is 18.9 Å². The molecule has 0 unspecified atom stereocenters. The average Bonchev–Trinajstić information content (AvgIpc) is 2.61. The summed E-state index contributed by atoms with van der Waals surface area (Å²) in [5.41, 5.74) is 0.139. The molecule has 1 aromatic heterocycles. The summed E-state index contributed by atoms with van der Waals surface area (Å²) in [5.74, 6) is 0.461. The van der Waals surface area contributed by atoms with Gasteiger partial charge in [-0.3, -0.25) is 4.79 Å². The number of aryl methyl sites for hydroxylation is 1. The molecule has 80 valence electrons. The van der Waals surface area contributed by atoms with Crippen molar-refractivity contribution in [2.24, 2.45) is 0 Å². The van der Waals surface area contributed by atoms with E-state index < -0.39 is 5.97 Å². The Morgan fingerprint density at radius 3 is 2.73 bits per heavy atom. The Labute approximate surface area is 87.5 Å². The summed E-state index contributed by atoms with van der Waals surface area (Å²) < 4.78 is 10.0. The van der Waals surface area contributed by atoms with E-state index in [2.05, 4.69) is 0 Å². The summed E-state index contributed by atoms with van der Waals surface area (Å²) in [7, 11) is 0. The van der Waals surface area contributed by atoms with Crippen molar-refractivity contribution in [3.8, 4) is 0 Å². The first kappa shape index (κ1) is 11.2. The number of carbonyl (C=O) groups is 2. The standard InChI is InChI=1S/C11H12O4/c1-3-14-11(13)9(6-7-12)10-5-4-8(2)15-10/h4-7H,3H2,1-2H3/b9-6+. The fraction of sp³-hybridized carbons (Fsp3) is 0.273. The van der Waals surface area contributed by atoms with Crippen LogP contribution in [0.15, 0.2) is 22.6 Å². The third kappa shape index (κ3) is 2.80. The Morgan fingerprint density at radius 2 is 2.27 bits per heavy atom. The molecule has 0 aromatic carbocycles. The maximum absolute atomic E-state index is 11.4. The molecule has 1 rings (SSSR count). The summed E-state index contributed by atoms with van der Waals surface area (Å²) in [6, 6.07) is 3.34. The molecular formula is C11H12O4. The molecule has 0 fully saturated rings. The van der Waals surface area contributed by atoms with Crippen molar-refractivity contribution in [3.63, 3.8) is 0 Å². The lowest BCUT2D eigenvalue weighted by Gasteiger charge is -2.02. The summed E-state index contributed by atoms with van der Waals surface area (Å²) in [5, 5.41) is 0. The summed E-state index contributed by atoms with van der Waals surface area (Å²) in [6.07, 6.45) is 1.67. The number of furan rings is 1. The van der Waals surface area contributed by atoms with Crippen LogP contribution >= 0.6 is 0 Å². The van der Waals surface area contributed by atoms with Crippen LogP contribution < -0.4 is 0 Å². The normalized spacial score (nSPS) is 11.2. The number of allylic oxidation sites excluding steroid dienone is 1. The fourth-order valence-electron chi connectivity index (χ4n) is 1.11. The molecule has 0 bridgehead atoms. The number of carbonyl (C=O) groups excluding carboxylic acids is 2. The van der Waals surface area contributed by atoms with Gasteiger partial charge in [-0.2, -0.15) is 0 Å². The van der Waals surface area contributed by atoms with Crippen LogP contribution in [0.3, 0.4) is 0 Å². The molecular weight excluding hydrogens is 196 g/mol. The predicted molar refractivity (Wildman–Crippen MR) is 54.1 cm³/mol. The molecule has 0 N–H and O–H groups in total. The first-order chi connectivity index (χ1) is 7.19. The molecule has 0 aliphatic rings. The van der Waals surface area contributed by atoms with E-state index in [1.165, 1.54) is 0 Å². The van der Waals surface area contributed by atoms with Gasteiger partial charge in [-0.1, -0.05) is 0 Å². The molecule has 0 atom stereocenters. The van der Waals surface area contributed by atoms with Gasteiger partial charge >= 0.3 is 5.97 Å². The topological polar surface area (TPSA) is 56.5 Å². The highest BCUT2D eigenvalue weighted by atomic mass is 16.5. The minimum absolute atomic E-state index is 0.139. The first-order valence-electron chi connectivity index (χ1n) is 4.58. The lowest BCUT2D eigenvalue weighted by atomic mass is 10.2. The number of hydrogen-bond acceptors (Lipinski definition) is 4. The molecule has 0 amide bonds. The van der Waals surface area contributed by atoms with E-state index in [1.807, 2.05) is 0 Å². The van der Waals surface area contributed by atoms with Gasteiger partial charge in [0.1, 0.15) is 23.4 Å². The number of esters is 1.